The number of benzene rings is 2. The summed E-state index contributed by atoms with van der Waals surface area (Å²) in [5.41, 5.74) is 2.26. The number of hydrogen-bond acceptors (Lipinski definition) is 4. The number of aromatic nitrogens is 2. The molecule has 0 spiro atoms. The van der Waals surface area contributed by atoms with Gasteiger partial charge in [-0.05, 0) is 41.7 Å². The number of rotatable bonds is 6. The van der Waals surface area contributed by atoms with Gasteiger partial charge >= 0.3 is 12.0 Å². The first-order chi connectivity index (χ1) is 14.3. The van der Waals surface area contributed by atoms with Gasteiger partial charge in [0.05, 0.1) is 23.0 Å². The van der Waals surface area contributed by atoms with Crippen LogP contribution < -0.4 is 10.9 Å². The molecule has 1 heterocycles. The minimum atomic E-state index is -1.25. The summed E-state index contributed by atoms with van der Waals surface area (Å²) in [5, 5.41) is 12.3. The van der Waals surface area contributed by atoms with E-state index in [4.69, 9.17) is 0 Å². The monoisotopic (exact) mass is 409 g/mol. The van der Waals surface area contributed by atoms with Crippen molar-refractivity contribution in [1.29, 1.82) is 0 Å². The Labute approximate surface area is 172 Å². The zero-order valence-corrected chi connectivity index (χ0v) is 17.0. The predicted octanol–water partition coefficient (Wildman–Crippen LogP) is 2.89. The summed E-state index contributed by atoms with van der Waals surface area (Å²) in [6.07, 6.45) is 0.513. The molecule has 0 atom stereocenters. The highest BCUT2D eigenvalue weighted by molar-refractivity contribution is 6.02. The van der Waals surface area contributed by atoms with Crippen LogP contribution in [0.1, 0.15) is 46.8 Å². The Morgan fingerprint density at radius 2 is 1.87 bits per heavy atom. The second-order valence-corrected chi connectivity index (χ2v) is 7.33. The molecule has 3 rings (SSSR count). The van der Waals surface area contributed by atoms with Crippen LogP contribution in [0.3, 0.4) is 0 Å². The number of fused-ring (bicyclic) bond motifs is 1. The van der Waals surface area contributed by atoms with Gasteiger partial charge in [-0.2, -0.15) is 4.68 Å². The number of para-hydroxylation sites is 1. The van der Waals surface area contributed by atoms with E-state index in [1.807, 2.05) is 25.1 Å². The predicted molar refractivity (Wildman–Crippen MR) is 112 cm³/mol. The Morgan fingerprint density at radius 1 is 1.17 bits per heavy atom. The summed E-state index contributed by atoms with van der Waals surface area (Å²) >= 11 is 0. The molecule has 1 aromatic heterocycles. The topological polar surface area (TPSA) is 110 Å². The Morgan fingerprint density at radius 3 is 2.50 bits per heavy atom. The molecule has 2 aromatic carbocycles. The summed E-state index contributed by atoms with van der Waals surface area (Å²) in [6, 6.07) is 9.37. The molecule has 156 valence electrons. The van der Waals surface area contributed by atoms with E-state index in [9.17, 15) is 24.3 Å². The number of carbonyl (C=O) groups excluding carboxylic acids is 2. The molecule has 3 aromatic rings. The lowest BCUT2D eigenvalue weighted by atomic mass is 9.94. The summed E-state index contributed by atoms with van der Waals surface area (Å²) in [6.45, 7) is 5.92. The molecule has 0 saturated heterocycles. The third kappa shape index (κ3) is 3.63. The summed E-state index contributed by atoms with van der Waals surface area (Å²) in [7, 11) is 0. The van der Waals surface area contributed by atoms with Gasteiger partial charge < -0.3 is 15.2 Å². The first kappa shape index (κ1) is 21.0. The van der Waals surface area contributed by atoms with Crippen molar-refractivity contribution >= 4 is 29.2 Å². The van der Waals surface area contributed by atoms with E-state index in [0.717, 1.165) is 26.1 Å². The summed E-state index contributed by atoms with van der Waals surface area (Å²) < 4.78 is 1.89. The van der Waals surface area contributed by atoms with Crippen molar-refractivity contribution in [2.24, 2.45) is 0 Å². The maximum Gasteiger partial charge on any atom is 0.344 e. The van der Waals surface area contributed by atoms with Gasteiger partial charge in [0.15, 0.2) is 0 Å². The molecule has 0 radical (unpaired) electrons. The van der Waals surface area contributed by atoms with Crippen LogP contribution >= 0.6 is 0 Å². The first-order valence-electron chi connectivity index (χ1n) is 9.56. The van der Waals surface area contributed by atoms with E-state index in [1.165, 1.54) is 18.2 Å². The number of carboxylic acid groups (broad SMARTS) is 1. The molecule has 0 aliphatic carbocycles. The standard InChI is InChI=1S/C22H23N3O5/c1-13(2)15-7-4-6-14(3)18(15)12-23-22(30)25-20(27)16-8-5-9-17(21(28)29)19(16)24(25)10-11-26/h4-9,11,13H,10,12H2,1-3H3,(H,23,30)(H,28,29). The van der Waals surface area contributed by atoms with Crippen LogP contribution in [0.2, 0.25) is 0 Å². The molecule has 2 N–H and O–H groups in total. The number of nitrogens with one attached hydrogen (secondary N) is 1. The van der Waals surface area contributed by atoms with E-state index in [1.54, 1.807) is 0 Å². The van der Waals surface area contributed by atoms with Crippen LogP contribution in [0.5, 0.6) is 0 Å². The SMILES string of the molecule is Cc1cccc(C(C)C)c1CNC(=O)n1c(=O)c2cccc(C(=O)O)c2n1CC=O. The Balaban J connectivity index is 2.07. The molecular weight excluding hydrogens is 386 g/mol. The molecule has 30 heavy (non-hydrogen) atoms. The Kier molecular flexibility index (Phi) is 5.86. The van der Waals surface area contributed by atoms with Gasteiger partial charge in [0.25, 0.3) is 5.56 Å². The van der Waals surface area contributed by atoms with Gasteiger partial charge in [-0.3, -0.25) is 9.48 Å². The number of hydrogen-bond donors (Lipinski definition) is 2. The molecule has 8 heteroatoms. The van der Waals surface area contributed by atoms with Crippen molar-refractivity contribution in [3.63, 3.8) is 0 Å². The van der Waals surface area contributed by atoms with Crippen molar-refractivity contribution in [1.82, 2.24) is 14.7 Å². The first-order valence-corrected chi connectivity index (χ1v) is 9.56. The van der Waals surface area contributed by atoms with Crippen LogP contribution in [-0.4, -0.2) is 32.8 Å². The molecule has 0 bridgehead atoms. The second kappa shape index (κ2) is 8.36. The van der Waals surface area contributed by atoms with Crippen LogP contribution in [0, 0.1) is 6.92 Å². The van der Waals surface area contributed by atoms with Gasteiger partial charge in [-0.1, -0.05) is 38.1 Å². The van der Waals surface area contributed by atoms with Crippen molar-refractivity contribution < 1.29 is 19.5 Å². The van der Waals surface area contributed by atoms with Crippen LogP contribution in [0.15, 0.2) is 41.2 Å². The lowest BCUT2D eigenvalue weighted by Gasteiger charge is -2.17. The van der Waals surface area contributed by atoms with Crippen LogP contribution in [-0.2, 0) is 17.9 Å². The zero-order valence-electron chi connectivity index (χ0n) is 17.0. The smallest absolute Gasteiger partial charge is 0.344 e. The molecular formula is C22H23N3O5. The van der Waals surface area contributed by atoms with Crippen LogP contribution in [0.25, 0.3) is 10.9 Å². The maximum atomic E-state index is 12.9. The molecule has 0 aliphatic heterocycles. The van der Waals surface area contributed by atoms with E-state index in [0.29, 0.717) is 6.29 Å². The lowest BCUT2D eigenvalue weighted by molar-refractivity contribution is -0.108. The highest BCUT2D eigenvalue weighted by Gasteiger charge is 2.23. The molecule has 1 amide bonds. The normalized spacial score (nSPS) is 11.1. The van der Waals surface area contributed by atoms with Crippen molar-refractivity contribution in [3.05, 3.63) is 69.0 Å². The maximum absolute atomic E-state index is 12.9. The number of amides is 1. The number of aromatic carboxylic acids is 1. The quantitative estimate of drug-likeness (QED) is 0.608. The zero-order chi connectivity index (χ0) is 22.0. The largest absolute Gasteiger partial charge is 0.478 e. The Hall–Kier alpha value is -3.68. The van der Waals surface area contributed by atoms with E-state index >= 15 is 0 Å². The van der Waals surface area contributed by atoms with Gasteiger partial charge in [0, 0.05) is 6.54 Å². The minimum absolute atomic E-state index is 0.0380. The number of nitrogens with zero attached hydrogens (tertiary/aromatic N) is 2. The third-order valence-electron chi connectivity index (χ3n) is 5.11. The summed E-state index contributed by atoms with van der Waals surface area (Å²) in [5.74, 6) is -1.00. The highest BCUT2D eigenvalue weighted by atomic mass is 16.4. The fourth-order valence-corrected chi connectivity index (χ4v) is 3.68. The molecule has 0 aliphatic rings. The highest BCUT2D eigenvalue weighted by Crippen LogP contribution is 2.22. The van der Waals surface area contributed by atoms with Crippen molar-refractivity contribution in [2.45, 2.75) is 39.8 Å². The van der Waals surface area contributed by atoms with Gasteiger partial charge in [-0.15, -0.1) is 0 Å². The van der Waals surface area contributed by atoms with Crippen molar-refractivity contribution in [2.75, 3.05) is 0 Å². The molecule has 0 fully saturated rings. The number of aldehydes is 1. The second-order valence-electron chi connectivity index (χ2n) is 7.33. The van der Waals surface area contributed by atoms with Crippen molar-refractivity contribution in [3.8, 4) is 0 Å². The van der Waals surface area contributed by atoms with Gasteiger partial charge in [0.2, 0.25) is 0 Å². The number of aryl methyl sites for hydroxylation is 1. The van der Waals surface area contributed by atoms with Crippen LogP contribution in [0.4, 0.5) is 4.79 Å². The van der Waals surface area contributed by atoms with E-state index in [-0.39, 0.29) is 35.5 Å². The Bertz CT molecular complexity index is 1200. The molecule has 0 saturated carbocycles. The fourth-order valence-electron chi connectivity index (χ4n) is 3.68. The minimum Gasteiger partial charge on any atom is -0.478 e. The fraction of sp³-hybridized carbons (Fsp3) is 0.273. The lowest BCUT2D eigenvalue weighted by Crippen LogP contribution is -2.38. The average Bonchev–Trinajstić information content (AvgIpc) is 2.98. The summed E-state index contributed by atoms with van der Waals surface area (Å²) in [4.78, 5) is 48.6. The third-order valence-corrected chi connectivity index (χ3v) is 5.11. The number of carbonyl (C=O) groups is 3. The molecule has 0 unspecified atom stereocenters. The average molecular weight is 409 g/mol. The molecule has 8 nitrogen and oxygen atoms in total. The number of carboxylic acids is 1. The van der Waals surface area contributed by atoms with E-state index in [2.05, 4.69) is 19.2 Å². The van der Waals surface area contributed by atoms with E-state index < -0.39 is 17.6 Å². The van der Waals surface area contributed by atoms with Gasteiger partial charge in [-0.25, -0.2) is 9.59 Å². The van der Waals surface area contributed by atoms with Gasteiger partial charge in [0.1, 0.15) is 6.29 Å².